The van der Waals surface area contributed by atoms with Crippen molar-refractivity contribution in [1.29, 1.82) is 0 Å². The predicted octanol–water partition coefficient (Wildman–Crippen LogP) is 2.51. The molecule has 7 heteroatoms. The molecule has 166 valence electrons. The van der Waals surface area contributed by atoms with E-state index in [-0.39, 0.29) is 36.5 Å². The molecule has 0 aromatic heterocycles. The quantitative estimate of drug-likeness (QED) is 0.688. The van der Waals surface area contributed by atoms with E-state index in [9.17, 15) is 9.59 Å². The van der Waals surface area contributed by atoms with Crippen molar-refractivity contribution in [3.63, 3.8) is 0 Å². The third kappa shape index (κ3) is 6.19. The van der Waals surface area contributed by atoms with Crippen LogP contribution < -0.4 is 5.32 Å². The number of amides is 1. The number of esters is 1. The number of benzene rings is 1. The maximum atomic E-state index is 12.7. The van der Waals surface area contributed by atoms with Gasteiger partial charge in [0.2, 0.25) is 5.91 Å². The second-order valence-electron chi connectivity index (χ2n) is 8.37. The highest BCUT2D eigenvalue weighted by Gasteiger charge is 2.28. The van der Waals surface area contributed by atoms with Crippen LogP contribution in [-0.2, 0) is 25.6 Å². The number of hydrogen-bond donors (Lipinski definition) is 1. The summed E-state index contributed by atoms with van der Waals surface area (Å²) in [6, 6.07) is 8.17. The standard InChI is InChI=1S/C23H35N3O4/c1-4-29-23(28)19-9-11-26(12-10-19)22(27)13-24-21-8-6-5-7-20(21)16-25-14-17(2)30-18(3)15-25/h5-8,17-19,24H,4,9-16H2,1-3H3. The third-order valence-electron chi connectivity index (χ3n) is 5.80. The number of carbonyl (C=O) groups is 2. The number of ether oxygens (including phenoxy) is 2. The van der Waals surface area contributed by atoms with E-state index in [1.165, 1.54) is 5.56 Å². The number of carbonyl (C=O) groups excluding carboxylic acids is 2. The van der Waals surface area contributed by atoms with Crippen molar-refractivity contribution >= 4 is 17.6 Å². The molecule has 2 heterocycles. The van der Waals surface area contributed by atoms with Crippen LogP contribution in [-0.4, -0.2) is 73.2 Å². The summed E-state index contributed by atoms with van der Waals surface area (Å²) < 4.78 is 10.9. The topological polar surface area (TPSA) is 71.1 Å². The van der Waals surface area contributed by atoms with Crippen molar-refractivity contribution in [3.05, 3.63) is 29.8 Å². The van der Waals surface area contributed by atoms with E-state index in [1.54, 1.807) is 0 Å². The summed E-state index contributed by atoms with van der Waals surface area (Å²) >= 11 is 0. The van der Waals surface area contributed by atoms with Crippen LogP contribution in [0.15, 0.2) is 24.3 Å². The summed E-state index contributed by atoms with van der Waals surface area (Å²) in [7, 11) is 0. The molecule has 2 aliphatic heterocycles. The Balaban J connectivity index is 1.50. The third-order valence-corrected chi connectivity index (χ3v) is 5.80. The number of rotatable bonds is 7. The van der Waals surface area contributed by atoms with Crippen LogP contribution in [0.2, 0.25) is 0 Å². The first-order chi connectivity index (χ1) is 14.5. The van der Waals surface area contributed by atoms with Crippen LogP contribution >= 0.6 is 0 Å². The van der Waals surface area contributed by atoms with Gasteiger partial charge in [0.1, 0.15) is 0 Å². The molecule has 3 rings (SSSR count). The summed E-state index contributed by atoms with van der Waals surface area (Å²) in [6.45, 7) is 10.6. The average Bonchev–Trinajstić information content (AvgIpc) is 2.72. The summed E-state index contributed by atoms with van der Waals surface area (Å²) in [5, 5.41) is 3.34. The monoisotopic (exact) mass is 417 g/mol. The van der Waals surface area contributed by atoms with Gasteiger partial charge in [-0.2, -0.15) is 0 Å². The zero-order valence-electron chi connectivity index (χ0n) is 18.4. The van der Waals surface area contributed by atoms with Crippen LogP contribution in [0.5, 0.6) is 0 Å². The van der Waals surface area contributed by atoms with E-state index in [0.29, 0.717) is 32.5 Å². The molecule has 0 aliphatic carbocycles. The SMILES string of the molecule is CCOC(=O)C1CCN(C(=O)CNc2ccccc2CN2CC(C)OC(C)C2)CC1. The van der Waals surface area contributed by atoms with E-state index in [4.69, 9.17) is 9.47 Å². The number of likely N-dealkylation sites (tertiary alicyclic amines) is 1. The lowest BCUT2D eigenvalue weighted by Crippen LogP contribution is -2.45. The van der Waals surface area contributed by atoms with Crippen LogP contribution in [0.1, 0.15) is 39.2 Å². The molecule has 30 heavy (non-hydrogen) atoms. The highest BCUT2D eigenvalue weighted by molar-refractivity contribution is 5.81. The lowest BCUT2D eigenvalue weighted by atomic mass is 9.97. The van der Waals surface area contributed by atoms with E-state index < -0.39 is 0 Å². The Bertz CT molecular complexity index is 708. The van der Waals surface area contributed by atoms with Gasteiger partial charge in [0.15, 0.2) is 0 Å². The van der Waals surface area contributed by atoms with Crippen molar-refractivity contribution in [2.24, 2.45) is 5.92 Å². The van der Waals surface area contributed by atoms with E-state index >= 15 is 0 Å². The molecule has 2 aliphatic rings. The first-order valence-electron chi connectivity index (χ1n) is 11.1. The van der Waals surface area contributed by atoms with Gasteiger partial charge in [0, 0.05) is 38.4 Å². The molecule has 1 N–H and O–H groups in total. The highest BCUT2D eigenvalue weighted by Crippen LogP contribution is 2.21. The van der Waals surface area contributed by atoms with Gasteiger partial charge in [0.25, 0.3) is 0 Å². The second kappa shape index (κ2) is 10.8. The Labute approximate surface area is 179 Å². The molecule has 2 fully saturated rings. The Kier molecular flexibility index (Phi) is 8.10. The van der Waals surface area contributed by atoms with Gasteiger partial charge in [-0.3, -0.25) is 14.5 Å². The van der Waals surface area contributed by atoms with Gasteiger partial charge in [-0.05, 0) is 45.2 Å². The largest absolute Gasteiger partial charge is 0.466 e. The molecule has 7 nitrogen and oxygen atoms in total. The fourth-order valence-electron chi connectivity index (χ4n) is 4.39. The molecule has 1 aromatic rings. The minimum atomic E-state index is -0.136. The minimum absolute atomic E-state index is 0.0701. The molecular formula is C23H35N3O4. The first-order valence-corrected chi connectivity index (χ1v) is 11.1. The molecule has 2 saturated heterocycles. The molecule has 0 saturated carbocycles. The van der Waals surface area contributed by atoms with Crippen LogP contribution in [0.25, 0.3) is 0 Å². The van der Waals surface area contributed by atoms with Crippen molar-refractivity contribution in [2.45, 2.75) is 52.4 Å². The molecule has 0 radical (unpaired) electrons. The smallest absolute Gasteiger partial charge is 0.309 e. The molecule has 2 unspecified atom stereocenters. The van der Waals surface area contributed by atoms with Crippen LogP contribution in [0.3, 0.4) is 0 Å². The Morgan fingerprint density at radius 3 is 2.47 bits per heavy atom. The Hall–Kier alpha value is -2.12. The number of nitrogens with one attached hydrogen (secondary N) is 1. The van der Waals surface area contributed by atoms with E-state index in [1.807, 2.05) is 30.0 Å². The van der Waals surface area contributed by atoms with Gasteiger partial charge >= 0.3 is 5.97 Å². The number of hydrogen-bond acceptors (Lipinski definition) is 6. The number of piperidine rings is 1. The summed E-state index contributed by atoms with van der Waals surface area (Å²) in [6.07, 6.45) is 1.81. The number of morpholine rings is 1. The maximum absolute atomic E-state index is 12.7. The van der Waals surface area contributed by atoms with Gasteiger partial charge in [-0.25, -0.2) is 0 Å². The van der Waals surface area contributed by atoms with Gasteiger partial charge in [-0.15, -0.1) is 0 Å². The van der Waals surface area contributed by atoms with Crippen molar-refractivity contribution < 1.29 is 19.1 Å². The molecular weight excluding hydrogens is 382 g/mol. The summed E-state index contributed by atoms with van der Waals surface area (Å²) in [5.41, 5.74) is 2.19. The van der Waals surface area contributed by atoms with Crippen molar-refractivity contribution in [3.8, 4) is 0 Å². The van der Waals surface area contributed by atoms with Crippen molar-refractivity contribution in [1.82, 2.24) is 9.80 Å². The summed E-state index contributed by atoms with van der Waals surface area (Å²) in [5.74, 6) is -0.148. The number of anilines is 1. The van der Waals surface area contributed by atoms with Crippen LogP contribution in [0, 0.1) is 5.92 Å². The fourth-order valence-corrected chi connectivity index (χ4v) is 4.39. The number of para-hydroxylation sites is 1. The zero-order chi connectivity index (χ0) is 21.5. The minimum Gasteiger partial charge on any atom is -0.466 e. The number of nitrogens with zero attached hydrogens (tertiary/aromatic N) is 2. The lowest BCUT2D eigenvalue weighted by molar-refractivity contribution is -0.151. The molecule has 0 bridgehead atoms. The average molecular weight is 418 g/mol. The lowest BCUT2D eigenvalue weighted by Gasteiger charge is -2.35. The van der Waals surface area contributed by atoms with E-state index in [0.717, 1.165) is 25.3 Å². The van der Waals surface area contributed by atoms with Crippen molar-refractivity contribution in [2.75, 3.05) is 44.6 Å². The molecule has 0 spiro atoms. The normalized spacial score (nSPS) is 23.2. The second-order valence-corrected chi connectivity index (χ2v) is 8.37. The Morgan fingerprint density at radius 1 is 1.13 bits per heavy atom. The van der Waals surface area contributed by atoms with E-state index in [2.05, 4.69) is 30.1 Å². The fraction of sp³-hybridized carbons (Fsp3) is 0.652. The molecule has 1 amide bonds. The zero-order valence-corrected chi connectivity index (χ0v) is 18.4. The van der Waals surface area contributed by atoms with Gasteiger partial charge in [-0.1, -0.05) is 18.2 Å². The Morgan fingerprint density at radius 2 is 1.80 bits per heavy atom. The maximum Gasteiger partial charge on any atom is 0.309 e. The van der Waals surface area contributed by atoms with Gasteiger partial charge < -0.3 is 19.7 Å². The summed E-state index contributed by atoms with van der Waals surface area (Å²) in [4.78, 5) is 28.8. The molecule has 2 atom stereocenters. The molecule has 1 aromatic carbocycles. The first kappa shape index (κ1) is 22.6. The highest BCUT2D eigenvalue weighted by atomic mass is 16.5. The predicted molar refractivity (Wildman–Crippen MR) is 116 cm³/mol. The van der Waals surface area contributed by atoms with Crippen LogP contribution in [0.4, 0.5) is 5.69 Å². The van der Waals surface area contributed by atoms with Gasteiger partial charge in [0.05, 0.1) is 31.3 Å².